The van der Waals surface area contributed by atoms with E-state index in [2.05, 4.69) is 4.98 Å². The highest BCUT2D eigenvalue weighted by Crippen LogP contribution is 2.22. The Morgan fingerprint density at radius 3 is 3.00 bits per heavy atom. The van der Waals surface area contributed by atoms with Crippen LogP contribution in [0.5, 0.6) is 5.75 Å². The van der Waals surface area contributed by atoms with Crippen molar-refractivity contribution in [3.63, 3.8) is 0 Å². The first kappa shape index (κ1) is 15.2. The van der Waals surface area contributed by atoms with Gasteiger partial charge in [0.1, 0.15) is 12.4 Å². The lowest BCUT2D eigenvalue weighted by Gasteiger charge is -2.04. The minimum atomic E-state index is 0.128. The molecule has 1 aliphatic heterocycles. The van der Waals surface area contributed by atoms with Crippen LogP contribution in [-0.2, 0) is 11.3 Å². The molecule has 116 valence electrons. The van der Waals surface area contributed by atoms with Crippen LogP contribution in [0.15, 0.2) is 36.5 Å². The Bertz CT molecular complexity index is 605. The van der Waals surface area contributed by atoms with Gasteiger partial charge in [-0.2, -0.15) is 0 Å². The van der Waals surface area contributed by atoms with Crippen LogP contribution in [0.25, 0.3) is 0 Å². The molecule has 0 N–H and O–H groups in total. The van der Waals surface area contributed by atoms with Gasteiger partial charge in [-0.05, 0) is 30.9 Å². The predicted octanol–water partition coefficient (Wildman–Crippen LogP) is 3.72. The molecule has 1 fully saturated rings. The number of para-hydroxylation sites is 1. The zero-order chi connectivity index (χ0) is 15.2. The summed E-state index contributed by atoms with van der Waals surface area (Å²) >= 11 is 1.43. The van der Waals surface area contributed by atoms with Crippen molar-refractivity contribution in [2.24, 2.45) is 5.92 Å². The molecule has 1 aliphatic rings. The summed E-state index contributed by atoms with van der Waals surface area (Å²) in [6.07, 6.45) is 4.26. The summed E-state index contributed by atoms with van der Waals surface area (Å²) < 4.78 is 11.0. The predicted molar refractivity (Wildman–Crippen MR) is 85.4 cm³/mol. The molecule has 2 heterocycles. The Morgan fingerprint density at radius 2 is 2.23 bits per heavy atom. The van der Waals surface area contributed by atoms with Gasteiger partial charge in [0.25, 0.3) is 0 Å². The first-order valence-electron chi connectivity index (χ1n) is 7.55. The molecule has 0 radical (unpaired) electrons. The van der Waals surface area contributed by atoms with Gasteiger partial charge in [0, 0.05) is 25.8 Å². The third kappa shape index (κ3) is 4.15. The Labute approximate surface area is 134 Å². The molecular formula is C17H19NO3S. The third-order valence-electron chi connectivity index (χ3n) is 3.72. The van der Waals surface area contributed by atoms with E-state index in [0.717, 1.165) is 36.7 Å². The summed E-state index contributed by atoms with van der Waals surface area (Å²) in [6, 6.07) is 9.65. The van der Waals surface area contributed by atoms with Gasteiger partial charge in [-0.1, -0.05) is 18.2 Å². The number of benzene rings is 1. The number of hydrogen-bond donors (Lipinski definition) is 0. The maximum absolute atomic E-state index is 12.2. The van der Waals surface area contributed by atoms with E-state index in [0.29, 0.717) is 24.0 Å². The van der Waals surface area contributed by atoms with Gasteiger partial charge in [0.05, 0.1) is 4.88 Å². The maximum Gasteiger partial charge on any atom is 0.191 e. The Hall–Kier alpha value is -1.72. The van der Waals surface area contributed by atoms with E-state index in [9.17, 15) is 4.79 Å². The molecule has 0 amide bonds. The van der Waals surface area contributed by atoms with E-state index in [1.807, 2.05) is 30.3 Å². The summed E-state index contributed by atoms with van der Waals surface area (Å²) in [6.45, 7) is 2.07. The lowest BCUT2D eigenvalue weighted by molar-refractivity contribution is 0.0971. The molecule has 0 bridgehead atoms. The lowest BCUT2D eigenvalue weighted by atomic mass is 10.0. The molecule has 0 aliphatic carbocycles. The summed E-state index contributed by atoms with van der Waals surface area (Å²) in [7, 11) is 0. The normalized spacial score (nSPS) is 17.5. The van der Waals surface area contributed by atoms with Gasteiger partial charge in [-0.15, -0.1) is 11.3 Å². The number of carbonyl (C=O) groups excluding carboxylic acids is 1. The highest BCUT2D eigenvalue weighted by Gasteiger charge is 2.18. The lowest BCUT2D eigenvalue weighted by Crippen LogP contribution is -2.04. The SMILES string of the molecule is O=C(CCC1CCOC1)c1ncc(COc2ccccc2)s1. The van der Waals surface area contributed by atoms with Crippen LogP contribution in [0, 0.1) is 5.92 Å². The van der Waals surface area contributed by atoms with Crippen molar-refractivity contribution < 1.29 is 14.3 Å². The summed E-state index contributed by atoms with van der Waals surface area (Å²) in [5, 5.41) is 0.588. The zero-order valence-corrected chi connectivity index (χ0v) is 13.2. The molecular weight excluding hydrogens is 298 g/mol. The second kappa shape index (κ2) is 7.51. The second-order valence-corrected chi connectivity index (χ2v) is 6.54. The topological polar surface area (TPSA) is 48.4 Å². The third-order valence-corrected chi connectivity index (χ3v) is 4.73. The smallest absolute Gasteiger partial charge is 0.191 e. The average molecular weight is 317 g/mol. The van der Waals surface area contributed by atoms with Crippen LogP contribution in [0.1, 0.15) is 33.9 Å². The van der Waals surface area contributed by atoms with Gasteiger partial charge < -0.3 is 9.47 Å². The fourth-order valence-corrected chi connectivity index (χ4v) is 3.22. The van der Waals surface area contributed by atoms with Crippen molar-refractivity contribution in [2.45, 2.75) is 25.9 Å². The molecule has 5 heteroatoms. The molecule has 1 aromatic heterocycles. The van der Waals surface area contributed by atoms with Gasteiger partial charge >= 0.3 is 0 Å². The summed E-state index contributed by atoms with van der Waals surface area (Å²) in [5.41, 5.74) is 0. The van der Waals surface area contributed by atoms with Crippen molar-refractivity contribution in [1.82, 2.24) is 4.98 Å². The van der Waals surface area contributed by atoms with Crippen LogP contribution in [-0.4, -0.2) is 24.0 Å². The Morgan fingerprint density at radius 1 is 1.36 bits per heavy atom. The Balaban J connectivity index is 1.48. The molecule has 0 spiro atoms. The molecule has 4 nitrogen and oxygen atoms in total. The minimum Gasteiger partial charge on any atom is -0.488 e. The van der Waals surface area contributed by atoms with Gasteiger partial charge in [0.15, 0.2) is 10.8 Å². The molecule has 0 saturated carbocycles. The number of carbonyl (C=O) groups is 1. The zero-order valence-electron chi connectivity index (χ0n) is 12.4. The van der Waals surface area contributed by atoms with Crippen molar-refractivity contribution in [3.05, 3.63) is 46.4 Å². The van der Waals surface area contributed by atoms with E-state index >= 15 is 0 Å². The van der Waals surface area contributed by atoms with Crippen molar-refractivity contribution in [1.29, 1.82) is 0 Å². The largest absolute Gasteiger partial charge is 0.488 e. The molecule has 1 aromatic carbocycles. The van der Waals surface area contributed by atoms with Crippen LogP contribution in [0.3, 0.4) is 0 Å². The molecule has 2 aromatic rings. The number of ketones is 1. The molecule has 22 heavy (non-hydrogen) atoms. The first-order chi connectivity index (χ1) is 10.8. The quantitative estimate of drug-likeness (QED) is 0.730. The summed E-state index contributed by atoms with van der Waals surface area (Å²) in [4.78, 5) is 17.4. The van der Waals surface area contributed by atoms with Crippen molar-refractivity contribution in [3.8, 4) is 5.75 Å². The fourth-order valence-electron chi connectivity index (χ4n) is 2.43. The van der Waals surface area contributed by atoms with E-state index in [-0.39, 0.29) is 5.78 Å². The number of nitrogens with zero attached hydrogens (tertiary/aromatic N) is 1. The standard InChI is InChI=1S/C17H19NO3S/c19-16(7-6-13-8-9-20-11-13)17-18-10-15(22-17)12-21-14-4-2-1-3-5-14/h1-5,10,13H,6-9,11-12H2. The number of hydrogen-bond acceptors (Lipinski definition) is 5. The maximum atomic E-state index is 12.2. The van der Waals surface area contributed by atoms with Gasteiger partial charge in [-0.25, -0.2) is 4.98 Å². The van der Waals surface area contributed by atoms with Crippen molar-refractivity contribution in [2.75, 3.05) is 13.2 Å². The summed E-state index contributed by atoms with van der Waals surface area (Å²) in [5.74, 6) is 1.48. The fraction of sp³-hybridized carbons (Fsp3) is 0.412. The first-order valence-corrected chi connectivity index (χ1v) is 8.36. The van der Waals surface area contributed by atoms with Crippen LogP contribution < -0.4 is 4.74 Å². The second-order valence-electron chi connectivity index (χ2n) is 5.42. The van der Waals surface area contributed by atoms with E-state index in [1.54, 1.807) is 6.20 Å². The molecule has 1 atom stereocenters. The number of thiazole rings is 1. The van der Waals surface area contributed by atoms with Gasteiger partial charge in [0.2, 0.25) is 0 Å². The molecule has 1 saturated heterocycles. The highest BCUT2D eigenvalue weighted by molar-refractivity contribution is 7.13. The van der Waals surface area contributed by atoms with E-state index in [1.165, 1.54) is 11.3 Å². The average Bonchev–Trinajstić information content (AvgIpc) is 3.23. The van der Waals surface area contributed by atoms with E-state index in [4.69, 9.17) is 9.47 Å². The number of rotatable bonds is 7. The number of aromatic nitrogens is 1. The molecule has 3 rings (SSSR count). The van der Waals surface area contributed by atoms with E-state index < -0.39 is 0 Å². The number of Topliss-reactive ketones (excluding diaryl/α,β-unsaturated/α-hetero) is 1. The Kier molecular flexibility index (Phi) is 5.19. The monoisotopic (exact) mass is 317 g/mol. The van der Waals surface area contributed by atoms with Crippen LogP contribution >= 0.6 is 11.3 Å². The van der Waals surface area contributed by atoms with Crippen LogP contribution in [0.4, 0.5) is 0 Å². The minimum absolute atomic E-state index is 0.128. The highest BCUT2D eigenvalue weighted by atomic mass is 32.1. The van der Waals surface area contributed by atoms with Crippen LogP contribution in [0.2, 0.25) is 0 Å². The van der Waals surface area contributed by atoms with Gasteiger partial charge in [-0.3, -0.25) is 4.79 Å². The number of ether oxygens (including phenoxy) is 2. The van der Waals surface area contributed by atoms with Crippen molar-refractivity contribution >= 4 is 17.1 Å². The molecule has 1 unspecified atom stereocenters.